The SMILES string of the molecule is CNC(CSc1cccc(Cl)c1)c1ccc(Br)c(Cl)c1F. The monoisotopic (exact) mass is 407 g/mol. The number of thioether (sulfide) groups is 1. The van der Waals surface area contributed by atoms with Crippen LogP contribution in [0.5, 0.6) is 0 Å². The van der Waals surface area contributed by atoms with Crippen molar-refractivity contribution >= 4 is 50.9 Å². The van der Waals surface area contributed by atoms with E-state index in [-0.39, 0.29) is 11.1 Å². The van der Waals surface area contributed by atoms with Crippen molar-refractivity contribution in [2.75, 3.05) is 12.8 Å². The molecule has 0 spiro atoms. The first-order chi connectivity index (χ1) is 10.0. The Balaban J connectivity index is 2.15. The van der Waals surface area contributed by atoms with Crippen molar-refractivity contribution in [1.29, 1.82) is 0 Å². The zero-order valence-corrected chi connectivity index (χ0v) is 15.1. The molecule has 0 aromatic heterocycles. The summed E-state index contributed by atoms with van der Waals surface area (Å²) in [6.07, 6.45) is 0. The molecule has 0 radical (unpaired) electrons. The van der Waals surface area contributed by atoms with Crippen molar-refractivity contribution in [3.8, 4) is 0 Å². The first-order valence-electron chi connectivity index (χ1n) is 6.22. The molecule has 6 heteroatoms. The molecule has 2 aromatic carbocycles. The van der Waals surface area contributed by atoms with Crippen LogP contribution in [0.25, 0.3) is 0 Å². The van der Waals surface area contributed by atoms with Gasteiger partial charge in [-0.25, -0.2) is 4.39 Å². The van der Waals surface area contributed by atoms with Crippen LogP contribution in [0.2, 0.25) is 10.0 Å². The molecular weight excluding hydrogens is 396 g/mol. The summed E-state index contributed by atoms with van der Waals surface area (Å²) in [6.45, 7) is 0. The van der Waals surface area contributed by atoms with Crippen molar-refractivity contribution in [2.45, 2.75) is 10.9 Å². The van der Waals surface area contributed by atoms with Crippen LogP contribution in [0.3, 0.4) is 0 Å². The Kier molecular flexibility index (Phi) is 6.38. The highest BCUT2D eigenvalue weighted by molar-refractivity contribution is 9.10. The predicted octanol–water partition coefficient (Wildman–Crippen LogP) is 5.95. The van der Waals surface area contributed by atoms with E-state index in [9.17, 15) is 4.39 Å². The molecule has 1 nitrogen and oxygen atoms in total. The van der Waals surface area contributed by atoms with Gasteiger partial charge in [0.25, 0.3) is 0 Å². The fraction of sp³-hybridized carbons (Fsp3) is 0.200. The second-order valence-electron chi connectivity index (χ2n) is 4.37. The molecule has 0 bridgehead atoms. The van der Waals surface area contributed by atoms with Crippen LogP contribution in [0, 0.1) is 5.82 Å². The molecule has 2 rings (SSSR count). The van der Waals surface area contributed by atoms with Crippen molar-refractivity contribution in [2.24, 2.45) is 0 Å². The van der Waals surface area contributed by atoms with Gasteiger partial charge in [0.1, 0.15) is 5.82 Å². The third kappa shape index (κ3) is 4.36. The quantitative estimate of drug-likeness (QED) is 0.484. The highest BCUT2D eigenvalue weighted by Crippen LogP contribution is 2.33. The largest absolute Gasteiger partial charge is 0.312 e. The van der Waals surface area contributed by atoms with Gasteiger partial charge in [0.15, 0.2) is 0 Å². The summed E-state index contributed by atoms with van der Waals surface area (Å²) in [5.41, 5.74) is 0.556. The Morgan fingerprint density at radius 1 is 1.29 bits per heavy atom. The lowest BCUT2D eigenvalue weighted by molar-refractivity contribution is 0.565. The molecule has 1 atom stereocenters. The maximum atomic E-state index is 14.3. The van der Waals surface area contributed by atoms with Crippen LogP contribution in [0.4, 0.5) is 4.39 Å². The Hall–Kier alpha value is -0.260. The smallest absolute Gasteiger partial charge is 0.147 e. The minimum absolute atomic E-state index is 0.112. The molecule has 0 aliphatic rings. The summed E-state index contributed by atoms with van der Waals surface area (Å²) in [7, 11) is 1.80. The Morgan fingerprint density at radius 3 is 2.71 bits per heavy atom. The zero-order valence-electron chi connectivity index (χ0n) is 11.2. The molecule has 0 saturated carbocycles. The first-order valence-corrected chi connectivity index (χ1v) is 8.75. The van der Waals surface area contributed by atoms with E-state index in [1.54, 1.807) is 30.9 Å². The third-order valence-corrected chi connectivity index (χ3v) is 5.58. The predicted molar refractivity (Wildman–Crippen MR) is 93.1 cm³/mol. The zero-order chi connectivity index (χ0) is 15.4. The normalized spacial score (nSPS) is 12.4. The molecule has 0 aliphatic heterocycles. The van der Waals surface area contributed by atoms with E-state index in [1.807, 2.05) is 24.3 Å². The molecule has 0 aliphatic carbocycles. The van der Waals surface area contributed by atoms with Crippen molar-refractivity contribution in [1.82, 2.24) is 5.32 Å². The molecule has 2 aromatic rings. The Labute approximate surface area is 146 Å². The van der Waals surface area contributed by atoms with E-state index in [0.29, 0.717) is 20.8 Å². The van der Waals surface area contributed by atoms with Crippen LogP contribution in [0.15, 0.2) is 45.8 Å². The minimum atomic E-state index is -0.392. The van der Waals surface area contributed by atoms with Gasteiger partial charge < -0.3 is 5.32 Å². The van der Waals surface area contributed by atoms with Gasteiger partial charge in [-0.15, -0.1) is 11.8 Å². The van der Waals surface area contributed by atoms with Crippen molar-refractivity contribution in [3.63, 3.8) is 0 Å². The van der Waals surface area contributed by atoms with Gasteiger partial charge >= 0.3 is 0 Å². The van der Waals surface area contributed by atoms with Gasteiger partial charge in [-0.05, 0) is 47.2 Å². The van der Waals surface area contributed by atoms with Gasteiger partial charge in [0.05, 0.1) is 5.02 Å². The molecule has 1 N–H and O–H groups in total. The van der Waals surface area contributed by atoms with Crippen LogP contribution in [0.1, 0.15) is 11.6 Å². The molecule has 0 amide bonds. The summed E-state index contributed by atoms with van der Waals surface area (Å²) >= 11 is 16.7. The lowest BCUT2D eigenvalue weighted by Crippen LogP contribution is -2.20. The third-order valence-electron chi connectivity index (χ3n) is 3.00. The van der Waals surface area contributed by atoms with Gasteiger partial charge in [-0.1, -0.05) is 35.3 Å². The topological polar surface area (TPSA) is 12.0 Å². The van der Waals surface area contributed by atoms with E-state index in [1.165, 1.54) is 0 Å². The molecule has 21 heavy (non-hydrogen) atoms. The van der Waals surface area contributed by atoms with E-state index < -0.39 is 5.82 Å². The molecule has 112 valence electrons. The van der Waals surface area contributed by atoms with Crippen LogP contribution in [-0.4, -0.2) is 12.8 Å². The number of benzene rings is 2. The fourth-order valence-electron chi connectivity index (χ4n) is 1.87. The number of halogens is 4. The first kappa shape index (κ1) is 17.1. The number of hydrogen-bond acceptors (Lipinski definition) is 2. The molecule has 0 saturated heterocycles. The van der Waals surface area contributed by atoms with Crippen molar-refractivity contribution in [3.05, 3.63) is 62.3 Å². The average molecular weight is 409 g/mol. The molecule has 0 heterocycles. The Morgan fingerprint density at radius 2 is 2.05 bits per heavy atom. The van der Waals surface area contributed by atoms with Crippen LogP contribution in [-0.2, 0) is 0 Å². The summed E-state index contributed by atoms with van der Waals surface area (Å²) in [5.74, 6) is 0.281. The summed E-state index contributed by atoms with van der Waals surface area (Å²) in [5, 5.41) is 3.93. The molecule has 0 fully saturated rings. The number of rotatable bonds is 5. The maximum absolute atomic E-state index is 14.3. The second kappa shape index (κ2) is 7.84. The highest BCUT2D eigenvalue weighted by atomic mass is 79.9. The van der Waals surface area contributed by atoms with Crippen molar-refractivity contribution < 1.29 is 4.39 Å². The summed E-state index contributed by atoms with van der Waals surface area (Å²) < 4.78 is 14.8. The summed E-state index contributed by atoms with van der Waals surface area (Å²) in [4.78, 5) is 1.05. The standard InChI is InChI=1S/C15H13BrCl2FNS/c1-20-13(8-21-10-4-2-3-9(17)7-10)11-5-6-12(16)14(18)15(11)19/h2-7,13,20H,8H2,1H3. The Bertz CT molecular complexity index is 639. The lowest BCUT2D eigenvalue weighted by atomic mass is 10.1. The summed E-state index contributed by atoms with van der Waals surface area (Å²) in [6, 6.07) is 11.0. The van der Waals surface area contributed by atoms with E-state index in [2.05, 4.69) is 21.2 Å². The average Bonchev–Trinajstić information content (AvgIpc) is 2.47. The number of nitrogens with one attached hydrogen (secondary N) is 1. The van der Waals surface area contributed by atoms with Gasteiger partial charge in [0, 0.05) is 31.7 Å². The van der Waals surface area contributed by atoms with E-state index in [0.717, 1.165) is 4.90 Å². The van der Waals surface area contributed by atoms with Crippen LogP contribution < -0.4 is 5.32 Å². The van der Waals surface area contributed by atoms with E-state index in [4.69, 9.17) is 23.2 Å². The second-order valence-corrected chi connectivity index (χ2v) is 7.14. The molecule has 1 unspecified atom stereocenters. The van der Waals surface area contributed by atoms with Gasteiger partial charge in [-0.2, -0.15) is 0 Å². The lowest BCUT2D eigenvalue weighted by Gasteiger charge is -2.18. The highest BCUT2D eigenvalue weighted by Gasteiger charge is 2.18. The fourth-order valence-corrected chi connectivity index (χ4v) is 3.70. The van der Waals surface area contributed by atoms with E-state index >= 15 is 0 Å². The van der Waals surface area contributed by atoms with Gasteiger partial charge in [0.2, 0.25) is 0 Å². The van der Waals surface area contributed by atoms with Crippen LogP contribution >= 0.6 is 50.9 Å². The number of hydrogen-bond donors (Lipinski definition) is 1. The molecular formula is C15H13BrCl2FNS. The van der Waals surface area contributed by atoms with Gasteiger partial charge in [-0.3, -0.25) is 0 Å². The maximum Gasteiger partial charge on any atom is 0.147 e. The minimum Gasteiger partial charge on any atom is -0.312 e.